The molecule has 0 aromatic heterocycles. The van der Waals surface area contributed by atoms with Gasteiger partial charge in [-0.05, 0) is 47.5 Å². The average molecular weight is 302 g/mol. The molecule has 0 fully saturated rings. The smallest absolute Gasteiger partial charge is 0.328 e. The van der Waals surface area contributed by atoms with Crippen LogP contribution in [-0.2, 0) is 19.4 Å². The molecule has 20 heavy (non-hydrogen) atoms. The van der Waals surface area contributed by atoms with Crippen molar-refractivity contribution in [2.45, 2.75) is 52.2 Å². The number of allylic oxidation sites excluding steroid dienone is 4. The van der Waals surface area contributed by atoms with Crippen LogP contribution in [-0.4, -0.2) is 32.0 Å². The molecule has 0 aromatic carbocycles. The van der Waals surface area contributed by atoms with Gasteiger partial charge in [-0.3, -0.25) is 4.79 Å². The second-order valence-corrected chi connectivity index (χ2v) is 7.78. The van der Waals surface area contributed by atoms with Crippen molar-refractivity contribution in [1.82, 2.24) is 0 Å². The number of hydrogen-bond acceptors (Lipinski definition) is 4. The van der Waals surface area contributed by atoms with Crippen LogP contribution in [0.25, 0.3) is 0 Å². The van der Waals surface area contributed by atoms with E-state index in [1.165, 1.54) is 0 Å². The Balaban J connectivity index is 5.83. The molecule has 4 nitrogen and oxygen atoms in total. The second-order valence-electron chi connectivity index (χ2n) is 5.46. The lowest BCUT2D eigenvalue weighted by atomic mass is 9.97. The molecule has 0 unspecified atom stereocenters. The summed E-state index contributed by atoms with van der Waals surface area (Å²) in [6, 6.07) is 0. The predicted molar refractivity (Wildman–Crippen MR) is 82.3 cm³/mol. The molecule has 0 rings (SSSR count). The molecule has 0 saturated carbocycles. The minimum atomic E-state index is -3.60. The van der Waals surface area contributed by atoms with Crippen LogP contribution < -0.4 is 0 Å². The monoisotopic (exact) mass is 302 g/mol. The third-order valence-corrected chi connectivity index (χ3v) is 4.96. The molecule has 0 radical (unpaired) electrons. The fraction of sp³-hybridized carbons (Fsp3) is 0.667. The average Bonchev–Trinajstić information content (AvgIpc) is 2.27. The van der Waals surface area contributed by atoms with Gasteiger partial charge in [0.05, 0.1) is 6.61 Å². The molecule has 0 amide bonds. The first-order valence-corrected chi connectivity index (χ1v) is 8.59. The zero-order valence-electron chi connectivity index (χ0n) is 13.3. The van der Waals surface area contributed by atoms with Crippen LogP contribution in [0.5, 0.6) is 0 Å². The Labute approximate surface area is 122 Å². The maximum absolute atomic E-state index is 12.3. The van der Waals surface area contributed by atoms with Crippen LogP contribution in [0.3, 0.4) is 0 Å². The molecule has 116 valence electrons. The van der Waals surface area contributed by atoms with Gasteiger partial charge in [-0.15, -0.1) is 0 Å². The highest BCUT2D eigenvalue weighted by Crippen LogP contribution is 2.30. The van der Waals surface area contributed by atoms with Gasteiger partial charge in [0.1, 0.15) is 0 Å². The number of hydrogen-bond donors (Lipinski definition) is 0. The summed E-state index contributed by atoms with van der Waals surface area (Å²) in [5.41, 5.74) is 1.94. The highest BCUT2D eigenvalue weighted by molar-refractivity contribution is 7.92. The van der Waals surface area contributed by atoms with Gasteiger partial charge in [-0.2, -0.15) is 0 Å². The van der Waals surface area contributed by atoms with E-state index in [0.717, 1.165) is 17.4 Å². The Morgan fingerprint density at radius 2 is 1.45 bits per heavy atom. The summed E-state index contributed by atoms with van der Waals surface area (Å²) in [5.74, 6) is -0.669. The lowest BCUT2D eigenvalue weighted by Gasteiger charge is -2.28. The molecule has 0 bridgehead atoms. The normalized spacial score (nSPS) is 11.7. The van der Waals surface area contributed by atoms with Crippen molar-refractivity contribution in [2.24, 2.45) is 0 Å². The molecule has 0 spiro atoms. The number of carbonyl (C=O) groups is 1. The number of ether oxygens (including phenoxy) is 1. The predicted octanol–water partition coefficient (Wildman–Crippen LogP) is 3.05. The first-order valence-electron chi connectivity index (χ1n) is 6.70. The van der Waals surface area contributed by atoms with Crippen molar-refractivity contribution in [3.8, 4) is 0 Å². The highest BCUT2D eigenvalue weighted by atomic mass is 32.2. The van der Waals surface area contributed by atoms with Crippen molar-refractivity contribution in [3.05, 3.63) is 23.3 Å². The SMILES string of the molecule is CCOC(=O)C(CC=C(C)C)(CC=C(C)C)S(C)(=O)=O. The van der Waals surface area contributed by atoms with Gasteiger partial charge in [0.25, 0.3) is 0 Å². The number of sulfone groups is 1. The fourth-order valence-corrected chi connectivity index (χ4v) is 2.84. The molecule has 0 atom stereocenters. The van der Waals surface area contributed by atoms with E-state index < -0.39 is 20.6 Å². The van der Waals surface area contributed by atoms with Gasteiger partial charge in [0.15, 0.2) is 14.6 Å². The Hall–Kier alpha value is -1.10. The number of esters is 1. The van der Waals surface area contributed by atoms with Gasteiger partial charge in [-0.1, -0.05) is 23.3 Å². The van der Waals surface area contributed by atoms with Crippen molar-refractivity contribution in [1.29, 1.82) is 0 Å². The van der Waals surface area contributed by atoms with E-state index in [1.54, 1.807) is 19.1 Å². The van der Waals surface area contributed by atoms with Gasteiger partial charge < -0.3 is 4.74 Å². The van der Waals surface area contributed by atoms with E-state index in [1.807, 2.05) is 27.7 Å². The van der Waals surface area contributed by atoms with Crippen molar-refractivity contribution in [3.63, 3.8) is 0 Å². The molecular formula is C15H26O4S. The van der Waals surface area contributed by atoms with Gasteiger partial charge in [0, 0.05) is 6.26 Å². The maximum Gasteiger partial charge on any atom is 0.328 e. The summed E-state index contributed by atoms with van der Waals surface area (Å²) < 4.78 is 28.0. The summed E-state index contributed by atoms with van der Waals surface area (Å²) in [7, 11) is -3.60. The van der Waals surface area contributed by atoms with Crippen molar-refractivity contribution in [2.75, 3.05) is 12.9 Å². The molecule has 0 heterocycles. The fourth-order valence-electron chi connectivity index (χ4n) is 1.70. The summed E-state index contributed by atoms with van der Waals surface area (Å²) in [4.78, 5) is 12.3. The summed E-state index contributed by atoms with van der Waals surface area (Å²) in [6.07, 6.45) is 4.92. The Kier molecular flexibility index (Phi) is 7.20. The van der Waals surface area contributed by atoms with Crippen LogP contribution in [0.2, 0.25) is 0 Å². The largest absolute Gasteiger partial charge is 0.465 e. The summed E-state index contributed by atoms with van der Waals surface area (Å²) in [5, 5.41) is 0. The van der Waals surface area contributed by atoms with E-state index in [0.29, 0.717) is 0 Å². The molecular weight excluding hydrogens is 276 g/mol. The third kappa shape index (κ3) is 5.12. The lowest BCUT2D eigenvalue weighted by molar-refractivity contribution is -0.146. The summed E-state index contributed by atoms with van der Waals surface area (Å²) in [6.45, 7) is 9.34. The van der Waals surface area contributed by atoms with Crippen LogP contribution in [0.15, 0.2) is 23.3 Å². The molecule has 0 saturated heterocycles. The molecule has 0 aliphatic rings. The van der Waals surface area contributed by atoms with Gasteiger partial charge in [-0.25, -0.2) is 8.42 Å². The van der Waals surface area contributed by atoms with Crippen LogP contribution in [0.4, 0.5) is 0 Å². The molecule has 0 aromatic rings. The second kappa shape index (κ2) is 7.62. The Morgan fingerprint density at radius 1 is 1.05 bits per heavy atom. The first kappa shape index (κ1) is 18.9. The lowest BCUT2D eigenvalue weighted by Crippen LogP contribution is -2.46. The zero-order valence-corrected chi connectivity index (χ0v) is 14.1. The molecule has 0 aliphatic carbocycles. The maximum atomic E-state index is 12.3. The van der Waals surface area contributed by atoms with Crippen LogP contribution in [0.1, 0.15) is 47.5 Å². The van der Waals surface area contributed by atoms with Crippen molar-refractivity contribution >= 4 is 15.8 Å². The van der Waals surface area contributed by atoms with Crippen LogP contribution >= 0.6 is 0 Å². The van der Waals surface area contributed by atoms with E-state index in [2.05, 4.69) is 0 Å². The third-order valence-electron chi connectivity index (χ3n) is 3.04. The standard InChI is InChI=1S/C15H26O4S/c1-7-19-14(16)15(20(6,17)18,10-8-12(2)3)11-9-13(4)5/h8-9H,7,10-11H2,1-6H3. The van der Waals surface area contributed by atoms with E-state index >= 15 is 0 Å². The Morgan fingerprint density at radius 3 is 1.70 bits per heavy atom. The minimum absolute atomic E-state index is 0.136. The molecule has 0 aliphatic heterocycles. The van der Waals surface area contributed by atoms with Gasteiger partial charge >= 0.3 is 5.97 Å². The van der Waals surface area contributed by atoms with Crippen molar-refractivity contribution < 1.29 is 17.9 Å². The molecule has 5 heteroatoms. The van der Waals surface area contributed by atoms with Gasteiger partial charge in [0.2, 0.25) is 0 Å². The minimum Gasteiger partial charge on any atom is -0.465 e. The first-order chi connectivity index (χ1) is 9.06. The molecule has 0 N–H and O–H groups in total. The quantitative estimate of drug-likeness (QED) is 0.535. The highest BCUT2D eigenvalue weighted by Gasteiger charge is 2.47. The van der Waals surface area contributed by atoms with E-state index in [4.69, 9.17) is 4.74 Å². The van der Waals surface area contributed by atoms with E-state index in [-0.39, 0.29) is 19.4 Å². The number of carbonyl (C=O) groups excluding carboxylic acids is 1. The Bertz CT molecular complexity index is 470. The number of rotatable bonds is 7. The topological polar surface area (TPSA) is 60.4 Å². The zero-order chi connectivity index (χ0) is 16.0. The van der Waals surface area contributed by atoms with E-state index in [9.17, 15) is 13.2 Å². The van der Waals surface area contributed by atoms with Crippen LogP contribution in [0, 0.1) is 0 Å². The summed E-state index contributed by atoms with van der Waals surface area (Å²) >= 11 is 0.